The van der Waals surface area contributed by atoms with E-state index in [1.165, 1.54) is 0 Å². The summed E-state index contributed by atoms with van der Waals surface area (Å²) < 4.78 is 5.75. The molecule has 0 aliphatic rings. The average Bonchev–Trinajstić information content (AvgIpc) is 2.85. The van der Waals surface area contributed by atoms with Gasteiger partial charge in [-0.25, -0.2) is 4.79 Å². The zero-order valence-electron chi connectivity index (χ0n) is 19.1. The van der Waals surface area contributed by atoms with Gasteiger partial charge in [0.1, 0.15) is 11.1 Å². The van der Waals surface area contributed by atoms with E-state index in [0.29, 0.717) is 24.2 Å². The summed E-state index contributed by atoms with van der Waals surface area (Å²) in [7, 11) is 0. The van der Waals surface area contributed by atoms with Crippen LogP contribution in [0, 0.1) is 0 Å². The number of rotatable bonds is 9. The van der Waals surface area contributed by atoms with E-state index in [1.54, 1.807) is 6.21 Å². The van der Waals surface area contributed by atoms with Gasteiger partial charge in [0.25, 0.3) is 0 Å². The van der Waals surface area contributed by atoms with E-state index in [0.717, 1.165) is 41.0 Å². The van der Waals surface area contributed by atoms with Crippen molar-refractivity contribution in [2.24, 2.45) is 4.99 Å². The Labute approximate surface area is 194 Å². The predicted molar refractivity (Wildman–Crippen MR) is 138 cm³/mol. The second kappa shape index (κ2) is 10.6. The van der Waals surface area contributed by atoms with Crippen molar-refractivity contribution in [2.75, 3.05) is 23.3 Å². The van der Waals surface area contributed by atoms with E-state index in [9.17, 15) is 4.79 Å². The molecule has 33 heavy (non-hydrogen) atoms. The third-order valence-electron chi connectivity index (χ3n) is 5.70. The van der Waals surface area contributed by atoms with Crippen molar-refractivity contribution in [3.63, 3.8) is 0 Å². The fourth-order valence-electron chi connectivity index (χ4n) is 3.91. The van der Waals surface area contributed by atoms with Gasteiger partial charge in [0.05, 0.1) is 12.2 Å². The zero-order valence-corrected chi connectivity index (χ0v) is 19.1. The molecule has 1 aromatic heterocycles. The maximum atomic E-state index is 13.0. The van der Waals surface area contributed by atoms with E-state index < -0.39 is 5.63 Å². The van der Waals surface area contributed by atoms with Crippen molar-refractivity contribution in [1.82, 2.24) is 0 Å². The molecule has 0 bridgehead atoms. The van der Waals surface area contributed by atoms with Gasteiger partial charge in [-0.05, 0) is 37.1 Å². The van der Waals surface area contributed by atoms with Crippen LogP contribution in [-0.4, -0.2) is 19.3 Å². The Kier molecular flexibility index (Phi) is 7.20. The Morgan fingerprint density at radius 1 is 0.909 bits per heavy atom. The van der Waals surface area contributed by atoms with Crippen LogP contribution in [0.5, 0.6) is 0 Å². The van der Waals surface area contributed by atoms with Gasteiger partial charge in [-0.2, -0.15) is 0 Å². The zero-order chi connectivity index (χ0) is 23.0. The van der Waals surface area contributed by atoms with Crippen LogP contribution in [0.15, 0.2) is 93.1 Å². The van der Waals surface area contributed by atoms with Crippen molar-refractivity contribution < 1.29 is 4.42 Å². The minimum absolute atomic E-state index is 0.397. The second-order valence-corrected chi connectivity index (χ2v) is 7.83. The van der Waals surface area contributed by atoms with Gasteiger partial charge >= 0.3 is 5.63 Å². The van der Waals surface area contributed by atoms with Crippen molar-refractivity contribution >= 4 is 28.6 Å². The van der Waals surface area contributed by atoms with Crippen LogP contribution in [0.1, 0.15) is 30.5 Å². The molecule has 0 amide bonds. The SMILES string of the molecule is CCN(CC)c1ccc2c(NCc3ccccc3)c(C=NCc3ccccc3)c(=O)oc2c1. The molecular weight excluding hydrogens is 410 g/mol. The molecule has 0 saturated heterocycles. The highest BCUT2D eigenvalue weighted by Crippen LogP contribution is 2.29. The van der Waals surface area contributed by atoms with E-state index in [4.69, 9.17) is 4.42 Å². The maximum Gasteiger partial charge on any atom is 0.347 e. The molecule has 0 aliphatic heterocycles. The van der Waals surface area contributed by atoms with Gasteiger partial charge in [-0.1, -0.05) is 60.7 Å². The normalized spacial score (nSPS) is 11.2. The quantitative estimate of drug-likeness (QED) is 0.262. The first-order valence-electron chi connectivity index (χ1n) is 11.4. The monoisotopic (exact) mass is 439 g/mol. The molecule has 0 atom stereocenters. The largest absolute Gasteiger partial charge is 0.422 e. The lowest BCUT2D eigenvalue weighted by Gasteiger charge is -2.21. The Balaban J connectivity index is 1.74. The second-order valence-electron chi connectivity index (χ2n) is 7.83. The lowest BCUT2D eigenvalue weighted by Crippen LogP contribution is -2.21. The van der Waals surface area contributed by atoms with Crippen molar-refractivity contribution in [1.29, 1.82) is 0 Å². The molecule has 0 unspecified atom stereocenters. The highest BCUT2D eigenvalue weighted by Gasteiger charge is 2.15. The van der Waals surface area contributed by atoms with Gasteiger partial charge in [0.2, 0.25) is 0 Å². The minimum Gasteiger partial charge on any atom is -0.422 e. The molecule has 4 aromatic rings. The smallest absolute Gasteiger partial charge is 0.347 e. The summed E-state index contributed by atoms with van der Waals surface area (Å²) in [5.41, 5.74) is 4.60. The summed E-state index contributed by atoms with van der Waals surface area (Å²) >= 11 is 0. The molecule has 5 nitrogen and oxygen atoms in total. The lowest BCUT2D eigenvalue weighted by atomic mass is 10.1. The van der Waals surface area contributed by atoms with Gasteiger partial charge in [0.15, 0.2) is 0 Å². The highest BCUT2D eigenvalue weighted by molar-refractivity contribution is 6.01. The minimum atomic E-state index is -0.397. The van der Waals surface area contributed by atoms with E-state index >= 15 is 0 Å². The molecular formula is C28H29N3O2. The molecule has 1 heterocycles. The third kappa shape index (κ3) is 5.32. The summed E-state index contributed by atoms with van der Waals surface area (Å²) in [5.74, 6) is 0. The van der Waals surface area contributed by atoms with Crippen molar-refractivity contribution in [2.45, 2.75) is 26.9 Å². The summed E-state index contributed by atoms with van der Waals surface area (Å²) in [6, 6.07) is 26.1. The molecule has 1 N–H and O–H groups in total. The Morgan fingerprint density at radius 2 is 1.58 bits per heavy atom. The van der Waals surface area contributed by atoms with E-state index in [2.05, 4.69) is 47.3 Å². The first-order chi connectivity index (χ1) is 16.2. The van der Waals surface area contributed by atoms with Gasteiger partial charge in [0, 0.05) is 43.0 Å². The van der Waals surface area contributed by atoms with Crippen LogP contribution in [0.4, 0.5) is 11.4 Å². The maximum absolute atomic E-state index is 13.0. The van der Waals surface area contributed by atoms with Crippen LogP contribution in [0.2, 0.25) is 0 Å². The summed E-state index contributed by atoms with van der Waals surface area (Å²) in [4.78, 5) is 19.8. The standard InChI is InChI=1S/C28H29N3O2/c1-3-31(4-2)23-15-16-24-26(17-23)33-28(32)25(20-29-18-21-11-7-5-8-12-21)27(24)30-19-22-13-9-6-10-14-22/h5-17,20,30H,3-4,18-19H2,1-2H3. The summed E-state index contributed by atoms with van der Waals surface area (Å²) in [6.07, 6.45) is 1.63. The van der Waals surface area contributed by atoms with Crippen molar-refractivity contribution in [3.8, 4) is 0 Å². The van der Waals surface area contributed by atoms with Crippen LogP contribution in [-0.2, 0) is 13.1 Å². The number of nitrogens with zero attached hydrogens (tertiary/aromatic N) is 2. The number of nitrogens with one attached hydrogen (secondary N) is 1. The van der Waals surface area contributed by atoms with Crippen molar-refractivity contribution in [3.05, 3.63) is 106 Å². The summed E-state index contributed by atoms with van der Waals surface area (Å²) in [6.45, 7) is 7.09. The Hall–Kier alpha value is -3.86. The molecule has 0 aliphatic carbocycles. The van der Waals surface area contributed by atoms with Gasteiger partial charge in [-0.15, -0.1) is 0 Å². The Bertz CT molecular complexity index is 1280. The van der Waals surface area contributed by atoms with Crippen LogP contribution >= 0.6 is 0 Å². The average molecular weight is 440 g/mol. The van der Waals surface area contributed by atoms with Crippen LogP contribution < -0.4 is 15.8 Å². The molecule has 0 spiro atoms. The molecule has 5 heteroatoms. The topological polar surface area (TPSA) is 57.8 Å². The first kappa shape index (κ1) is 22.3. The number of aliphatic imine (C=N–C) groups is 1. The number of benzene rings is 3. The highest BCUT2D eigenvalue weighted by atomic mass is 16.4. The number of hydrogen-bond donors (Lipinski definition) is 1. The fraction of sp³-hybridized carbons (Fsp3) is 0.214. The number of anilines is 2. The van der Waals surface area contributed by atoms with Crippen LogP contribution in [0.3, 0.4) is 0 Å². The summed E-state index contributed by atoms with van der Waals surface area (Å²) in [5, 5.41) is 4.34. The molecule has 0 radical (unpaired) electrons. The van der Waals surface area contributed by atoms with E-state index in [1.807, 2.05) is 60.7 Å². The molecule has 0 saturated carbocycles. The molecule has 168 valence electrons. The number of fused-ring (bicyclic) bond motifs is 1. The lowest BCUT2D eigenvalue weighted by molar-refractivity contribution is 0.560. The van der Waals surface area contributed by atoms with Gasteiger partial charge < -0.3 is 14.6 Å². The van der Waals surface area contributed by atoms with Crippen LogP contribution in [0.25, 0.3) is 11.0 Å². The molecule has 3 aromatic carbocycles. The first-order valence-corrected chi connectivity index (χ1v) is 11.4. The predicted octanol–water partition coefficient (Wildman–Crippen LogP) is 5.87. The fourth-order valence-corrected chi connectivity index (χ4v) is 3.91. The molecule has 0 fully saturated rings. The Morgan fingerprint density at radius 3 is 2.24 bits per heavy atom. The third-order valence-corrected chi connectivity index (χ3v) is 5.70. The number of hydrogen-bond acceptors (Lipinski definition) is 5. The molecule has 4 rings (SSSR count). The van der Waals surface area contributed by atoms with Gasteiger partial charge in [-0.3, -0.25) is 4.99 Å². The van der Waals surface area contributed by atoms with E-state index in [-0.39, 0.29) is 0 Å².